The molecule has 1 aromatic heterocycles. The van der Waals surface area contributed by atoms with Crippen molar-refractivity contribution in [1.82, 2.24) is 4.98 Å². The Morgan fingerprint density at radius 1 is 1.47 bits per heavy atom. The van der Waals surface area contributed by atoms with Gasteiger partial charge in [-0.25, -0.2) is 9.78 Å². The Hall–Kier alpha value is -2.09. The molecule has 2 rings (SSSR count). The molecule has 0 radical (unpaired) electrons. The number of nitrogens with one attached hydrogen (secondary N) is 1. The van der Waals surface area contributed by atoms with E-state index in [2.05, 4.69) is 10.3 Å². The summed E-state index contributed by atoms with van der Waals surface area (Å²) in [6.45, 7) is 0. The molecule has 1 fully saturated rings. The highest BCUT2D eigenvalue weighted by Gasteiger charge is 2.30. The van der Waals surface area contributed by atoms with Crippen LogP contribution in [0, 0.1) is 17.2 Å². The molecule has 5 heteroatoms. The number of rotatable bonds is 4. The number of carboxylic acid groups (broad SMARTS) is 1. The number of pyridine rings is 1. The molecule has 1 aliphatic rings. The molecular formula is C14H17N3O2. The first-order chi connectivity index (χ1) is 9.22. The maximum atomic E-state index is 11.4. The summed E-state index contributed by atoms with van der Waals surface area (Å²) in [6, 6.07) is 4.66. The van der Waals surface area contributed by atoms with E-state index in [1.807, 2.05) is 6.07 Å². The van der Waals surface area contributed by atoms with Crippen LogP contribution in [0.5, 0.6) is 0 Å². The maximum absolute atomic E-state index is 11.4. The van der Waals surface area contributed by atoms with Crippen molar-refractivity contribution in [3.05, 3.63) is 23.9 Å². The third kappa shape index (κ3) is 3.22. The predicted octanol–water partition coefficient (Wildman–Crippen LogP) is 2.40. The molecule has 100 valence electrons. The zero-order valence-corrected chi connectivity index (χ0v) is 10.7. The van der Waals surface area contributed by atoms with E-state index in [-0.39, 0.29) is 5.92 Å². The number of nitrogens with zero attached hydrogens (tertiary/aromatic N) is 2. The minimum Gasteiger partial charge on any atom is -0.480 e. The SMILES string of the molecule is N#Cc1cccnc1NC(C(=O)O)C1CCCCC1. The van der Waals surface area contributed by atoms with Crippen molar-refractivity contribution in [1.29, 1.82) is 5.26 Å². The van der Waals surface area contributed by atoms with Gasteiger partial charge in [-0.1, -0.05) is 19.3 Å². The van der Waals surface area contributed by atoms with Crippen LogP contribution < -0.4 is 5.32 Å². The summed E-state index contributed by atoms with van der Waals surface area (Å²) in [5.41, 5.74) is 0.379. The van der Waals surface area contributed by atoms with E-state index in [0.717, 1.165) is 25.7 Å². The van der Waals surface area contributed by atoms with Gasteiger partial charge in [0.25, 0.3) is 0 Å². The number of aliphatic carboxylic acids is 1. The Balaban J connectivity index is 2.16. The van der Waals surface area contributed by atoms with E-state index >= 15 is 0 Å². The first-order valence-electron chi connectivity index (χ1n) is 6.57. The van der Waals surface area contributed by atoms with Crippen LogP contribution in [-0.2, 0) is 4.79 Å². The normalized spacial score (nSPS) is 17.4. The lowest BCUT2D eigenvalue weighted by Crippen LogP contribution is -2.38. The lowest BCUT2D eigenvalue weighted by Gasteiger charge is -2.28. The quantitative estimate of drug-likeness (QED) is 0.867. The van der Waals surface area contributed by atoms with Crippen molar-refractivity contribution in [3.63, 3.8) is 0 Å². The highest BCUT2D eigenvalue weighted by Crippen LogP contribution is 2.28. The Bertz CT molecular complexity index is 490. The average molecular weight is 259 g/mol. The molecule has 0 bridgehead atoms. The molecule has 0 aromatic carbocycles. The monoisotopic (exact) mass is 259 g/mol. The Kier molecular flexibility index (Phi) is 4.35. The first kappa shape index (κ1) is 13.3. The van der Waals surface area contributed by atoms with Gasteiger partial charge in [0, 0.05) is 6.20 Å². The molecule has 0 amide bonds. The van der Waals surface area contributed by atoms with E-state index in [0.29, 0.717) is 11.4 Å². The number of hydrogen-bond donors (Lipinski definition) is 2. The Labute approximate surface area is 112 Å². The zero-order chi connectivity index (χ0) is 13.7. The van der Waals surface area contributed by atoms with Crippen molar-refractivity contribution < 1.29 is 9.90 Å². The predicted molar refractivity (Wildman–Crippen MR) is 70.6 cm³/mol. The van der Waals surface area contributed by atoms with Crippen molar-refractivity contribution in [2.45, 2.75) is 38.1 Å². The molecule has 0 saturated heterocycles. The van der Waals surface area contributed by atoms with Gasteiger partial charge in [0.1, 0.15) is 17.9 Å². The van der Waals surface area contributed by atoms with Crippen LogP contribution in [0.15, 0.2) is 18.3 Å². The van der Waals surface area contributed by atoms with E-state index in [4.69, 9.17) is 5.26 Å². The van der Waals surface area contributed by atoms with Gasteiger partial charge in [-0.15, -0.1) is 0 Å². The van der Waals surface area contributed by atoms with Gasteiger partial charge in [0.2, 0.25) is 0 Å². The molecule has 1 atom stereocenters. The number of hydrogen-bond acceptors (Lipinski definition) is 4. The number of aromatic nitrogens is 1. The van der Waals surface area contributed by atoms with Crippen LogP contribution in [0.2, 0.25) is 0 Å². The summed E-state index contributed by atoms with van der Waals surface area (Å²) in [6.07, 6.45) is 6.71. The van der Waals surface area contributed by atoms with Crippen LogP contribution in [0.1, 0.15) is 37.7 Å². The molecule has 1 aromatic rings. The molecular weight excluding hydrogens is 242 g/mol. The Morgan fingerprint density at radius 2 is 2.21 bits per heavy atom. The minimum atomic E-state index is -0.874. The summed E-state index contributed by atoms with van der Waals surface area (Å²) in [4.78, 5) is 15.5. The third-order valence-electron chi connectivity index (χ3n) is 3.61. The number of nitriles is 1. The first-order valence-corrected chi connectivity index (χ1v) is 6.57. The van der Waals surface area contributed by atoms with Crippen molar-refractivity contribution in [2.24, 2.45) is 5.92 Å². The molecule has 5 nitrogen and oxygen atoms in total. The topological polar surface area (TPSA) is 86.0 Å². The standard InChI is InChI=1S/C14H17N3O2/c15-9-11-7-4-8-16-13(11)17-12(14(18)19)10-5-2-1-3-6-10/h4,7-8,10,12H,1-3,5-6H2,(H,16,17)(H,18,19). The summed E-state index contributed by atoms with van der Waals surface area (Å²) < 4.78 is 0. The van der Waals surface area contributed by atoms with Gasteiger partial charge in [0.15, 0.2) is 0 Å². The second-order valence-corrected chi connectivity index (χ2v) is 4.87. The van der Waals surface area contributed by atoms with E-state index in [1.165, 1.54) is 6.42 Å². The molecule has 1 unspecified atom stereocenters. The van der Waals surface area contributed by atoms with E-state index < -0.39 is 12.0 Å². The van der Waals surface area contributed by atoms with Crippen molar-refractivity contribution >= 4 is 11.8 Å². The van der Waals surface area contributed by atoms with Crippen LogP contribution in [-0.4, -0.2) is 22.1 Å². The van der Waals surface area contributed by atoms with Crippen LogP contribution in [0.25, 0.3) is 0 Å². The fourth-order valence-electron chi connectivity index (χ4n) is 2.61. The largest absolute Gasteiger partial charge is 0.480 e. The third-order valence-corrected chi connectivity index (χ3v) is 3.61. The molecule has 1 heterocycles. The maximum Gasteiger partial charge on any atom is 0.326 e. The van der Waals surface area contributed by atoms with Crippen molar-refractivity contribution in [2.75, 3.05) is 5.32 Å². The van der Waals surface area contributed by atoms with Gasteiger partial charge < -0.3 is 10.4 Å². The molecule has 2 N–H and O–H groups in total. The second-order valence-electron chi connectivity index (χ2n) is 4.87. The lowest BCUT2D eigenvalue weighted by atomic mass is 9.84. The number of anilines is 1. The summed E-state index contributed by atoms with van der Waals surface area (Å²) >= 11 is 0. The fraction of sp³-hybridized carbons (Fsp3) is 0.500. The molecule has 0 spiro atoms. The van der Waals surface area contributed by atoms with E-state index in [1.54, 1.807) is 18.3 Å². The minimum absolute atomic E-state index is 0.111. The zero-order valence-electron chi connectivity index (χ0n) is 10.7. The van der Waals surface area contributed by atoms with Gasteiger partial charge in [0.05, 0.1) is 5.56 Å². The van der Waals surface area contributed by atoms with Gasteiger partial charge >= 0.3 is 5.97 Å². The highest BCUT2D eigenvalue weighted by molar-refractivity contribution is 5.78. The molecule has 19 heavy (non-hydrogen) atoms. The van der Waals surface area contributed by atoms with Crippen LogP contribution in [0.3, 0.4) is 0 Å². The Morgan fingerprint density at radius 3 is 2.84 bits per heavy atom. The molecule has 0 aliphatic heterocycles. The van der Waals surface area contributed by atoms with Crippen molar-refractivity contribution in [3.8, 4) is 6.07 Å². The fourth-order valence-corrected chi connectivity index (χ4v) is 2.61. The van der Waals surface area contributed by atoms with Gasteiger partial charge in [-0.2, -0.15) is 5.26 Å². The van der Waals surface area contributed by atoms with Gasteiger partial charge in [-0.05, 0) is 30.9 Å². The summed E-state index contributed by atoms with van der Waals surface area (Å²) in [5.74, 6) is -0.399. The average Bonchev–Trinajstić information content (AvgIpc) is 2.45. The molecule has 1 aliphatic carbocycles. The highest BCUT2D eigenvalue weighted by atomic mass is 16.4. The van der Waals surface area contributed by atoms with Crippen LogP contribution in [0.4, 0.5) is 5.82 Å². The summed E-state index contributed by atoms with van der Waals surface area (Å²) in [7, 11) is 0. The van der Waals surface area contributed by atoms with E-state index in [9.17, 15) is 9.90 Å². The van der Waals surface area contributed by atoms with Crippen LogP contribution >= 0.6 is 0 Å². The lowest BCUT2D eigenvalue weighted by molar-refractivity contribution is -0.139. The molecule has 1 saturated carbocycles. The smallest absolute Gasteiger partial charge is 0.326 e. The second kappa shape index (κ2) is 6.19. The van der Waals surface area contributed by atoms with Gasteiger partial charge in [-0.3, -0.25) is 0 Å². The number of carboxylic acids is 1. The summed E-state index contributed by atoms with van der Waals surface area (Å²) in [5, 5.41) is 21.3. The number of carbonyl (C=O) groups is 1.